The average molecular weight is 446 g/mol. The number of hydrogen-bond acceptors (Lipinski definition) is 5. The summed E-state index contributed by atoms with van der Waals surface area (Å²) in [6, 6.07) is 12.1. The lowest BCUT2D eigenvalue weighted by Gasteiger charge is -2.12. The van der Waals surface area contributed by atoms with E-state index in [1.54, 1.807) is 12.4 Å². The van der Waals surface area contributed by atoms with E-state index in [1.807, 2.05) is 36.6 Å². The summed E-state index contributed by atoms with van der Waals surface area (Å²) in [5.41, 5.74) is 7.22. The second-order valence-electron chi connectivity index (χ2n) is 7.89. The van der Waals surface area contributed by atoms with Gasteiger partial charge in [-0.2, -0.15) is 0 Å². The van der Waals surface area contributed by atoms with Crippen molar-refractivity contribution >= 4 is 17.5 Å². The SMILES string of the molecule is CCn1c(C)cc(C(=O)CSc2nnc(-c3ccncc3)n2-c2ccc(C)c(C)c2)c1C. The smallest absolute Gasteiger partial charge is 0.196 e. The molecule has 3 heterocycles. The molecule has 0 fully saturated rings. The Bertz CT molecular complexity index is 1270. The minimum Gasteiger partial charge on any atom is -0.349 e. The highest BCUT2D eigenvalue weighted by Crippen LogP contribution is 2.29. The summed E-state index contributed by atoms with van der Waals surface area (Å²) in [5.74, 6) is 1.13. The number of benzene rings is 1. The molecule has 0 aliphatic carbocycles. The fourth-order valence-corrected chi connectivity index (χ4v) is 4.76. The highest BCUT2D eigenvalue weighted by molar-refractivity contribution is 7.99. The zero-order valence-electron chi connectivity index (χ0n) is 19.1. The zero-order valence-corrected chi connectivity index (χ0v) is 19.9. The van der Waals surface area contributed by atoms with E-state index in [0.29, 0.717) is 10.9 Å². The van der Waals surface area contributed by atoms with Crippen molar-refractivity contribution in [3.8, 4) is 17.1 Å². The number of aromatic nitrogens is 5. The van der Waals surface area contributed by atoms with Crippen molar-refractivity contribution in [3.05, 3.63) is 76.9 Å². The number of hydrogen-bond donors (Lipinski definition) is 0. The number of carbonyl (C=O) groups is 1. The third kappa shape index (κ3) is 4.12. The van der Waals surface area contributed by atoms with E-state index in [-0.39, 0.29) is 5.78 Å². The van der Waals surface area contributed by atoms with Gasteiger partial charge in [0.25, 0.3) is 0 Å². The minimum atomic E-state index is 0.0999. The molecule has 0 N–H and O–H groups in total. The summed E-state index contributed by atoms with van der Waals surface area (Å²) in [7, 11) is 0. The topological polar surface area (TPSA) is 65.6 Å². The summed E-state index contributed by atoms with van der Waals surface area (Å²) in [5, 5.41) is 9.60. The predicted octanol–water partition coefficient (Wildman–Crippen LogP) is 5.36. The first kappa shape index (κ1) is 22.0. The molecular formula is C25H27N5OS. The van der Waals surface area contributed by atoms with Gasteiger partial charge in [0.2, 0.25) is 0 Å². The van der Waals surface area contributed by atoms with Crippen LogP contribution in [0.5, 0.6) is 0 Å². The van der Waals surface area contributed by atoms with Gasteiger partial charge < -0.3 is 4.57 Å². The molecule has 0 unspecified atom stereocenters. The normalized spacial score (nSPS) is 11.2. The van der Waals surface area contributed by atoms with Crippen molar-refractivity contribution in [1.82, 2.24) is 24.3 Å². The molecule has 6 nitrogen and oxygen atoms in total. The third-order valence-corrected chi connectivity index (χ3v) is 6.77. The summed E-state index contributed by atoms with van der Waals surface area (Å²) in [6.45, 7) is 11.2. The van der Waals surface area contributed by atoms with Gasteiger partial charge in [-0.15, -0.1) is 10.2 Å². The van der Waals surface area contributed by atoms with Crippen LogP contribution in [0.15, 0.2) is 53.9 Å². The van der Waals surface area contributed by atoms with E-state index in [2.05, 4.69) is 58.7 Å². The third-order valence-electron chi connectivity index (χ3n) is 5.84. The molecule has 7 heteroatoms. The zero-order chi connectivity index (χ0) is 22.8. The summed E-state index contributed by atoms with van der Waals surface area (Å²) in [4.78, 5) is 17.2. The van der Waals surface area contributed by atoms with Crippen molar-refractivity contribution in [3.63, 3.8) is 0 Å². The number of rotatable bonds is 7. The maximum Gasteiger partial charge on any atom is 0.196 e. The van der Waals surface area contributed by atoms with Crippen LogP contribution in [0, 0.1) is 27.7 Å². The van der Waals surface area contributed by atoms with Crippen LogP contribution in [0.25, 0.3) is 17.1 Å². The fourth-order valence-electron chi connectivity index (χ4n) is 3.93. The van der Waals surface area contributed by atoms with Gasteiger partial charge in [0, 0.05) is 41.5 Å². The van der Waals surface area contributed by atoms with Crippen molar-refractivity contribution in [2.75, 3.05) is 5.75 Å². The molecule has 0 amide bonds. The Morgan fingerprint density at radius 3 is 2.38 bits per heavy atom. The van der Waals surface area contributed by atoms with Gasteiger partial charge in [0.1, 0.15) is 0 Å². The van der Waals surface area contributed by atoms with Crippen molar-refractivity contribution in [1.29, 1.82) is 0 Å². The standard InChI is InChI=1S/C25H27N5OS/c1-6-29-18(4)14-22(19(29)5)23(31)15-32-25-28-27-24(20-9-11-26-12-10-20)30(25)21-8-7-16(2)17(3)13-21/h7-14H,6,15H2,1-5H3. The molecule has 0 saturated heterocycles. The van der Waals surface area contributed by atoms with Gasteiger partial charge in [-0.25, -0.2) is 0 Å². The van der Waals surface area contributed by atoms with Gasteiger partial charge >= 0.3 is 0 Å². The Morgan fingerprint density at radius 2 is 1.72 bits per heavy atom. The summed E-state index contributed by atoms with van der Waals surface area (Å²) < 4.78 is 4.19. The maximum atomic E-state index is 13.0. The Balaban J connectivity index is 1.69. The lowest BCUT2D eigenvalue weighted by atomic mass is 10.1. The van der Waals surface area contributed by atoms with Crippen molar-refractivity contribution < 1.29 is 4.79 Å². The number of carbonyl (C=O) groups excluding carboxylic acids is 1. The minimum absolute atomic E-state index is 0.0999. The van der Waals surface area contributed by atoms with Crippen LogP contribution >= 0.6 is 11.8 Å². The predicted molar refractivity (Wildman–Crippen MR) is 129 cm³/mol. The molecule has 0 saturated carbocycles. The van der Waals surface area contributed by atoms with Gasteiger partial charge in [0.15, 0.2) is 16.8 Å². The van der Waals surface area contributed by atoms with Crippen LogP contribution in [0.2, 0.25) is 0 Å². The number of nitrogens with zero attached hydrogens (tertiary/aromatic N) is 5. The fraction of sp³-hybridized carbons (Fsp3) is 0.280. The molecule has 0 radical (unpaired) electrons. The second-order valence-corrected chi connectivity index (χ2v) is 8.83. The van der Waals surface area contributed by atoms with E-state index >= 15 is 0 Å². The van der Waals surface area contributed by atoms with E-state index < -0.39 is 0 Å². The van der Waals surface area contributed by atoms with Crippen LogP contribution < -0.4 is 0 Å². The first-order chi connectivity index (χ1) is 15.4. The Labute approximate surface area is 192 Å². The Kier molecular flexibility index (Phi) is 6.28. The number of Topliss-reactive ketones (excluding diaryl/α,β-unsaturated/α-hetero) is 1. The first-order valence-electron chi connectivity index (χ1n) is 10.7. The molecule has 0 atom stereocenters. The molecule has 0 bridgehead atoms. The molecule has 3 aromatic heterocycles. The molecule has 4 aromatic rings. The largest absolute Gasteiger partial charge is 0.349 e. The second kappa shape index (κ2) is 9.12. The van der Waals surface area contributed by atoms with Crippen LogP contribution in [0.4, 0.5) is 0 Å². The molecule has 4 rings (SSSR count). The highest BCUT2D eigenvalue weighted by atomic mass is 32.2. The molecule has 1 aromatic carbocycles. The van der Waals surface area contributed by atoms with Gasteiger partial charge in [-0.1, -0.05) is 17.8 Å². The summed E-state index contributed by atoms with van der Waals surface area (Å²) >= 11 is 1.42. The summed E-state index contributed by atoms with van der Waals surface area (Å²) in [6.07, 6.45) is 3.49. The van der Waals surface area contributed by atoms with E-state index in [1.165, 1.54) is 22.9 Å². The van der Waals surface area contributed by atoms with E-state index in [4.69, 9.17) is 0 Å². The number of pyridine rings is 1. The first-order valence-corrected chi connectivity index (χ1v) is 11.7. The number of thioether (sulfide) groups is 1. The van der Waals surface area contributed by atoms with Gasteiger partial charge in [0.05, 0.1) is 11.4 Å². The lowest BCUT2D eigenvalue weighted by Crippen LogP contribution is -2.07. The number of ketones is 1. The quantitative estimate of drug-likeness (QED) is 0.283. The highest BCUT2D eigenvalue weighted by Gasteiger charge is 2.20. The molecule has 32 heavy (non-hydrogen) atoms. The molecule has 164 valence electrons. The average Bonchev–Trinajstić information content (AvgIpc) is 3.34. The Hall–Kier alpha value is -3.19. The van der Waals surface area contributed by atoms with Crippen LogP contribution in [-0.4, -0.2) is 35.9 Å². The van der Waals surface area contributed by atoms with Crippen LogP contribution in [0.1, 0.15) is 39.8 Å². The van der Waals surface area contributed by atoms with Crippen molar-refractivity contribution in [2.24, 2.45) is 0 Å². The van der Waals surface area contributed by atoms with Crippen molar-refractivity contribution in [2.45, 2.75) is 46.3 Å². The van der Waals surface area contributed by atoms with Crippen LogP contribution in [0.3, 0.4) is 0 Å². The Morgan fingerprint density at radius 1 is 0.969 bits per heavy atom. The van der Waals surface area contributed by atoms with E-state index in [0.717, 1.165) is 40.6 Å². The van der Waals surface area contributed by atoms with Gasteiger partial charge in [-0.3, -0.25) is 14.3 Å². The molecule has 0 spiro atoms. The lowest BCUT2D eigenvalue weighted by molar-refractivity contribution is 0.102. The number of aryl methyl sites for hydroxylation is 3. The molecule has 0 aliphatic heterocycles. The molecular weight excluding hydrogens is 418 g/mol. The van der Waals surface area contributed by atoms with Crippen LogP contribution in [-0.2, 0) is 6.54 Å². The maximum absolute atomic E-state index is 13.0. The van der Waals surface area contributed by atoms with Gasteiger partial charge in [-0.05, 0) is 76.1 Å². The van der Waals surface area contributed by atoms with E-state index in [9.17, 15) is 4.79 Å². The molecule has 0 aliphatic rings. The monoisotopic (exact) mass is 445 g/mol.